The van der Waals surface area contributed by atoms with Crippen molar-refractivity contribution >= 4 is 11.6 Å². The van der Waals surface area contributed by atoms with Crippen LogP contribution in [0, 0.1) is 11.8 Å². The Kier molecular flexibility index (Phi) is 6.47. The van der Waals surface area contributed by atoms with Crippen LogP contribution < -0.4 is 0 Å². The molecule has 21 heavy (non-hydrogen) atoms. The minimum absolute atomic E-state index is 0.249. The van der Waals surface area contributed by atoms with E-state index < -0.39 is 0 Å². The normalized spacial score (nSPS) is 21.0. The van der Waals surface area contributed by atoms with Crippen LogP contribution in [0.25, 0.3) is 0 Å². The summed E-state index contributed by atoms with van der Waals surface area (Å²) in [6.07, 6.45) is 14.5. The van der Waals surface area contributed by atoms with Crippen molar-refractivity contribution < 1.29 is 9.59 Å². The van der Waals surface area contributed by atoms with Gasteiger partial charge in [-0.2, -0.15) is 0 Å². The summed E-state index contributed by atoms with van der Waals surface area (Å²) < 4.78 is 0. The van der Waals surface area contributed by atoms with E-state index in [-0.39, 0.29) is 11.7 Å². The van der Waals surface area contributed by atoms with Gasteiger partial charge in [-0.05, 0) is 31.8 Å². The van der Waals surface area contributed by atoms with Crippen LogP contribution >= 0.6 is 0 Å². The van der Waals surface area contributed by atoms with Crippen molar-refractivity contribution in [1.29, 1.82) is 0 Å². The molecule has 2 saturated carbocycles. The van der Waals surface area contributed by atoms with Crippen LogP contribution in [0.5, 0.6) is 0 Å². The Morgan fingerprint density at radius 3 is 2.19 bits per heavy atom. The molecule has 2 fully saturated rings. The second-order valence-electron chi connectivity index (χ2n) is 6.73. The van der Waals surface area contributed by atoms with Crippen LogP contribution in [0.2, 0.25) is 0 Å². The number of Topliss-reactive ketones (excluding diaryl/α,β-unsaturated/α-hetero) is 1. The van der Waals surface area contributed by atoms with Gasteiger partial charge < -0.3 is 4.90 Å². The first-order valence-corrected chi connectivity index (χ1v) is 8.62. The quantitative estimate of drug-likeness (QED) is 0.671. The second-order valence-corrected chi connectivity index (χ2v) is 6.73. The lowest BCUT2D eigenvalue weighted by Gasteiger charge is -2.21. The Morgan fingerprint density at radius 2 is 1.52 bits per heavy atom. The topological polar surface area (TPSA) is 37.4 Å². The minimum atomic E-state index is 0.249. The van der Waals surface area contributed by atoms with Crippen molar-refractivity contribution in [1.82, 2.24) is 4.90 Å². The molecule has 0 N–H and O–H groups in total. The summed E-state index contributed by atoms with van der Waals surface area (Å²) in [6, 6.07) is 0. The largest absolute Gasteiger partial charge is 0.380 e. The van der Waals surface area contributed by atoms with Gasteiger partial charge in [0.15, 0.2) is 5.78 Å². The predicted octanol–water partition coefficient (Wildman–Crippen LogP) is 3.73. The molecule has 3 heteroatoms. The molecule has 0 aromatic carbocycles. The van der Waals surface area contributed by atoms with Gasteiger partial charge in [0.1, 0.15) is 5.78 Å². The van der Waals surface area contributed by atoms with Gasteiger partial charge in [-0.25, -0.2) is 0 Å². The first kappa shape index (κ1) is 16.3. The Morgan fingerprint density at radius 1 is 0.952 bits per heavy atom. The molecular weight excluding hydrogens is 262 g/mol. The molecule has 0 radical (unpaired) electrons. The number of carbonyl (C=O) groups is 2. The zero-order chi connectivity index (χ0) is 15.1. The summed E-state index contributed by atoms with van der Waals surface area (Å²) in [4.78, 5) is 26.1. The maximum atomic E-state index is 12.1. The van der Waals surface area contributed by atoms with E-state index in [1.54, 1.807) is 6.08 Å². The van der Waals surface area contributed by atoms with Crippen LogP contribution in [0.15, 0.2) is 12.3 Å². The molecule has 0 aromatic heterocycles. The highest BCUT2D eigenvalue weighted by molar-refractivity contribution is 5.91. The molecule has 2 aliphatic carbocycles. The van der Waals surface area contributed by atoms with Crippen molar-refractivity contribution in [2.75, 3.05) is 13.6 Å². The number of rotatable bonds is 7. The first-order valence-electron chi connectivity index (χ1n) is 8.62. The zero-order valence-electron chi connectivity index (χ0n) is 13.4. The molecule has 0 atom stereocenters. The van der Waals surface area contributed by atoms with Crippen molar-refractivity contribution in [2.24, 2.45) is 11.8 Å². The molecule has 2 rings (SSSR count). The number of ketones is 2. The number of hydrogen-bond acceptors (Lipinski definition) is 3. The monoisotopic (exact) mass is 291 g/mol. The van der Waals surface area contributed by atoms with E-state index in [0.717, 1.165) is 32.2 Å². The van der Waals surface area contributed by atoms with Gasteiger partial charge in [-0.3, -0.25) is 9.59 Å². The number of hydrogen-bond donors (Lipinski definition) is 0. The molecule has 0 aliphatic heterocycles. The molecule has 0 spiro atoms. The van der Waals surface area contributed by atoms with Crippen LogP contribution in [0.1, 0.15) is 64.2 Å². The van der Waals surface area contributed by atoms with Gasteiger partial charge in [-0.1, -0.05) is 32.1 Å². The van der Waals surface area contributed by atoms with Crippen molar-refractivity contribution in [2.45, 2.75) is 64.2 Å². The highest BCUT2D eigenvalue weighted by atomic mass is 16.1. The third kappa shape index (κ3) is 5.29. The third-order valence-corrected chi connectivity index (χ3v) is 5.02. The second kappa shape index (κ2) is 8.35. The summed E-state index contributed by atoms with van der Waals surface area (Å²) in [5.41, 5.74) is 0. The summed E-state index contributed by atoms with van der Waals surface area (Å²) in [7, 11) is 1.95. The van der Waals surface area contributed by atoms with Crippen LogP contribution in [-0.2, 0) is 9.59 Å². The van der Waals surface area contributed by atoms with E-state index in [1.165, 1.54) is 32.1 Å². The van der Waals surface area contributed by atoms with Crippen molar-refractivity contribution in [3.8, 4) is 0 Å². The molecule has 0 amide bonds. The van der Waals surface area contributed by atoms with E-state index in [0.29, 0.717) is 18.1 Å². The minimum Gasteiger partial charge on any atom is -0.380 e. The van der Waals surface area contributed by atoms with Crippen molar-refractivity contribution in [3.05, 3.63) is 12.3 Å². The van der Waals surface area contributed by atoms with Crippen LogP contribution in [0.4, 0.5) is 0 Å². The van der Waals surface area contributed by atoms with Crippen LogP contribution in [-0.4, -0.2) is 30.1 Å². The molecule has 2 aliphatic rings. The van der Waals surface area contributed by atoms with Gasteiger partial charge in [0.2, 0.25) is 0 Å². The summed E-state index contributed by atoms with van der Waals surface area (Å²) >= 11 is 0. The van der Waals surface area contributed by atoms with E-state index >= 15 is 0 Å². The van der Waals surface area contributed by atoms with E-state index in [9.17, 15) is 9.59 Å². The van der Waals surface area contributed by atoms with Gasteiger partial charge in [0.25, 0.3) is 0 Å². The number of allylic oxidation sites excluding steroid dienone is 1. The fourth-order valence-corrected chi connectivity index (χ4v) is 3.54. The van der Waals surface area contributed by atoms with Gasteiger partial charge >= 0.3 is 0 Å². The number of nitrogens with zero attached hydrogens (tertiary/aromatic N) is 1. The molecular formula is C18H29NO2. The average Bonchev–Trinajstić information content (AvgIpc) is 3.05. The zero-order valence-corrected chi connectivity index (χ0v) is 13.4. The Bertz CT molecular complexity index is 377. The molecule has 3 nitrogen and oxygen atoms in total. The summed E-state index contributed by atoms with van der Waals surface area (Å²) in [5.74, 6) is 1.23. The molecule has 0 saturated heterocycles. The molecule has 0 unspecified atom stereocenters. The van der Waals surface area contributed by atoms with Crippen LogP contribution in [0.3, 0.4) is 0 Å². The van der Waals surface area contributed by atoms with Crippen molar-refractivity contribution in [3.63, 3.8) is 0 Å². The predicted molar refractivity (Wildman–Crippen MR) is 84.9 cm³/mol. The molecule has 118 valence electrons. The van der Waals surface area contributed by atoms with Gasteiger partial charge in [0, 0.05) is 38.0 Å². The lowest BCUT2D eigenvalue weighted by molar-refractivity contribution is -0.124. The number of carbonyl (C=O) groups excluding carboxylic acids is 2. The highest BCUT2D eigenvalue weighted by Gasteiger charge is 2.21. The lowest BCUT2D eigenvalue weighted by atomic mass is 9.85. The standard InChI is InChI=1S/C18H29NO2/c1-19(14-12-18(21)16-9-5-6-10-16)13-11-17(20)15-7-3-2-4-8-15/h12,14-16H,2-11,13H2,1H3/b14-12+. The third-order valence-electron chi connectivity index (χ3n) is 5.02. The van der Waals surface area contributed by atoms with E-state index in [4.69, 9.17) is 0 Å². The fourth-order valence-electron chi connectivity index (χ4n) is 3.54. The maximum absolute atomic E-state index is 12.1. The molecule has 0 bridgehead atoms. The maximum Gasteiger partial charge on any atom is 0.160 e. The SMILES string of the molecule is CN(/C=C/C(=O)C1CCCC1)CCC(=O)C1CCCCC1. The van der Waals surface area contributed by atoms with Gasteiger partial charge in [0.05, 0.1) is 0 Å². The Hall–Kier alpha value is -1.12. The lowest BCUT2D eigenvalue weighted by Crippen LogP contribution is -2.23. The smallest absolute Gasteiger partial charge is 0.160 e. The Labute approximate surface area is 128 Å². The van der Waals surface area contributed by atoms with Gasteiger partial charge in [-0.15, -0.1) is 0 Å². The Balaban J connectivity index is 1.67. The van der Waals surface area contributed by atoms with E-state index in [1.807, 2.05) is 18.1 Å². The first-order chi connectivity index (χ1) is 10.2. The average molecular weight is 291 g/mol. The molecule has 0 aromatic rings. The summed E-state index contributed by atoms with van der Waals surface area (Å²) in [6.45, 7) is 0.726. The van der Waals surface area contributed by atoms with E-state index in [2.05, 4.69) is 0 Å². The highest BCUT2D eigenvalue weighted by Crippen LogP contribution is 2.26. The fraction of sp³-hybridized carbons (Fsp3) is 0.778. The summed E-state index contributed by atoms with van der Waals surface area (Å²) in [5, 5.41) is 0. The molecule has 0 heterocycles.